The van der Waals surface area contributed by atoms with E-state index in [9.17, 15) is 14.9 Å². The average molecular weight is 379 g/mol. The minimum atomic E-state index is -0.647. The van der Waals surface area contributed by atoms with Crippen LogP contribution in [0.25, 0.3) is 0 Å². The van der Waals surface area contributed by atoms with Gasteiger partial charge in [-0.05, 0) is 24.3 Å². The summed E-state index contributed by atoms with van der Waals surface area (Å²) in [6.45, 7) is -0.433. The Bertz CT molecular complexity index is 814. The van der Waals surface area contributed by atoms with Crippen LogP contribution in [-0.2, 0) is 9.63 Å². The van der Waals surface area contributed by atoms with Crippen LogP contribution in [-0.4, -0.2) is 29.9 Å². The minimum Gasteiger partial charge on any atom is -0.486 e. The molecule has 0 atom stereocenters. The third-order valence-corrected chi connectivity index (χ3v) is 3.25. The van der Waals surface area contributed by atoms with Gasteiger partial charge in [0.1, 0.15) is 17.4 Å². The van der Waals surface area contributed by atoms with E-state index in [0.717, 1.165) is 6.07 Å². The van der Waals surface area contributed by atoms with Crippen LogP contribution in [0.2, 0.25) is 5.02 Å². The standard InChI is InChI=1S/C16H15ClN4O5/c17-13-7-6-11(8-14(13)21(23)24)19-16(22)10-26-20-15(18)9-25-12-4-2-1-3-5-12/h1-8H,9-10H2,(H2,18,20)(H,19,22). The van der Waals surface area contributed by atoms with Crippen molar-refractivity contribution in [3.05, 3.63) is 63.7 Å². The van der Waals surface area contributed by atoms with Crippen molar-refractivity contribution < 1.29 is 19.3 Å². The second kappa shape index (κ2) is 9.23. The zero-order valence-corrected chi connectivity index (χ0v) is 14.2. The normalized spacial score (nSPS) is 10.9. The molecule has 0 aromatic heterocycles. The molecule has 2 aromatic rings. The number of nitro benzene ring substituents is 1. The zero-order chi connectivity index (χ0) is 18.9. The van der Waals surface area contributed by atoms with E-state index in [2.05, 4.69) is 10.5 Å². The van der Waals surface area contributed by atoms with Crippen LogP contribution in [0.3, 0.4) is 0 Å². The van der Waals surface area contributed by atoms with Crippen molar-refractivity contribution in [1.82, 2.24) is 0 Å². The van der Waals surface area contributed by atoms with Crippen LogP contribution in [0.4, 0.5) is 11.4 Å². The number of hydrogen-bond donors (Lipinski definition) is 2. The minimum absolute atomic E-state index is 0.00495. The van der Waals surface area contributed by atoms with E-state index < -0.39 is 17.4 Å². The second-order valence-electron chi connectivity index (χ2n) is 4.93. The number of amidine groups is 1. The summed E-state index contributed by atoms with van der Waals surface area (Å²) < 4.78 is 5.36. The van der Waals surface area contributed by atoms with Crippen LogP contribution in [0.5, 0.6) is 5.75 Å². The number of amides is 1. The molecule has 0 aliphatic rings. The fraction of sp³-hybridized carbons (Fsp3) is 0.125. The van der Waals surface area contributed by atoms with Crippen LogP contribution in [0.15, 0.2) is 53.7 Å². The maximum Gasteiger partial charge on any atom is 0.289 e. The van der Waals surface area contributed by atoms with Crippen molar-refractivity contribution in [1.29, 1.82) is 0 Å². The fourth-order valence-electron chi connectivity index (χ4n) is 1.80. The Morgan fingerprint density at radius 2 is 1.96 bits per heavy atom. The Morgan fingerprint density at radius 3 is 2.65 bits per heavy atom. The Hall–Kier alpha value is -3.33. The molecule has 26 heavy (non-hydrogen) atoms. The number of ether oxygens (including phenoxy) is 1. The lowest BCUT2D eigenvalue weighted by Crippen LogP contribution is -2.23. The summed E-state index contributed by atoms with van der Waals surface area (Å²) in [5.74, 6) is 0.0960. The van der Waals surface area contributed by atoms with Crippen molar-refractivity contribution in [2.75, 3.05) is 18.5 Å². The lowest BCUT2D eigenvalue weighted by Gasteiger charge is -2.06. The van der Waals surface area contributed by atoms with E-state index in [4.69, 9.17) is 26.9 Å². The van der Waals surface area contributed by atoms with Gasteiger partial charge in [0, 0.05) is 11.8 Å². The number of carbonyl (C=O) groups is 1. The Labute approximate surface area is 153 Å². The monoisotopic (exact) mass is 378 g/mol. The molecule has 0 saturated carbocycles. The summed E-state index contributed by atoms with van der Waals surface area (Å²) in [5.41, 5.74) is 5.50. The van der Waals surface area contributed by atoms with Crippen LogP contribution >= 0.6 is 11.6 Å². The van der Waals surface area contributed by atoms with Gasteiger partial charge in [-0.2, -0.15) is 0 Å². The first-order chi connectivity index (χ1) is 12.5. The summed E-state index contributed by atoms with van der Waals surface area (Å²) in [6, 6.07) is 12.9. The molecule has 2 aromatic carbocycles. The van der Waals surface area contributed by atoms with Crippen molar-refractivity contribution in [3.63, 3.8) is 0 Å². The van der Waals surface area contributed by atoms with Gasteiger partial charge in [0.05, 0.1) is 4.92 Å². The number of nitrogens with one attached hydrogen (secondary N) is 1. The van der Waals surface area contributed by atoms with Crippen LogP contribution in [0.1, 0.15) is 0 Å². The average Bonchev–Trinajstić information content (AvgIpc) is 2.62. The number of para-hydroxylation sites is 1. The van der Waals surface area contributed by atoms with Crippen molar-refractivity contribution in [2.45, 2.75) is 0 Å². The number of nitrogens with two attached hydrogens (primary N) is 1. The van der Waals surface area contributed by atoms with Gasteiger partial charge in [0.2, 0.25) is 0 Å². The van der Waals surface area contributed by atoms with Gasteiger partial charge in [-0.15, -0.1) is 0 Å². The third-order valence-electron chi connectivity index (χ3n) is 2.93. The van der Waals surface area contributed by atoms with Crippen molar-refractivity contribution in [2.24, 2.45) is 10.9 Å². The summed E-state index contributed by atoms with van der Waals surface area (Å²) in [4.78, 5) is 26.8. The molecule has 1 amide bonds. The quantitative estimate of drug-likeness (QED) is 0.314. The molecule has 0 radical (unpaired) electrons. The summed E-state index contributed by atoms with van der Waals surface area (Å²) in [7, 11) is 0. The van der Waals surface area contributed by atoms with E-state index >= 15 is 0 Å². The number of nitro groups is 1. The van der Waals surface area contributed by atoms with E-state index in [1.165, 1.54) is 12.1 Å². The number of carbonyl (C=O) groups excluding carboxylic acids is 1. The summed E-state index contributed by atoms with van der Waals surface area (Å²) in [6.07, 6.45) is 0. The van der Waals surface area contributed by atoms with Crippen LogP contribution in [0, 0.1) is 10.1 Å². The molecular weight excluding hydrogens is 364 g/mol. The molecule has 9 nitrogen and oxygen atoms in total. The van der Waals surface area contributed by atoms with Crippen molar-refractivity contribution in [3.8, 4) is 5.75 Å². The molecule has 0 saturated heterocycles. The molecule has 0 spiro atoms. The highest BCUT2D eigenvalue weighted by atomic mass is 35.5. The van der Waals surface area contributed by atoms with Gasteiger partial charge >= 0.3 is 0 Å². The van der Waals surface area contributed by atoms with Gasteiger partial charge < -0.3 is 20.6 Å². The molecule has 3 N–H and O–H groups in total. The van der Waals surface area contributed by atoms with Crippen LogP contribution < -0.4 is 15.8 Å². The van der Waals surface area contributed by atoms with Crippen molar-refractivity contribution >= 4 is 34.7 Å². The topological polar surface area (TPSA) is 129 Å². The van der Waals surface area contributed by atoms with E-state index in [1.54, 1.807) is 12.1 Å². The number of nitrogens with zero attached hydrogens (tertiary/aromatic N) is 2. The smallest absolute Gasteiger partial charge is 0.289 e. The maximum atomic E-state index is 11.8. The number of oxime groups is 1. The highest BCUT2D eigenvalue weighted by Gasteiger charge is 2.14. The lowest BCUT2D eigenvalue weighted by molar-refractivity contribution is -0.384. The number of hydrogen-bond acceptors (Lipinski definition) is 6. The zero-order valence-electron chi connectivity index (χ0n) is 13.4. The van der Waals surface area contributed by atoms with Gasteiger partial charge in [-0.3, -0.25) is 14.9 Å². The first-order valence-corrected chi connectivity index (χ1v) is 7.69. The SMILES string of the molecule is NC(COc1ccccc1)=NOCC(=O)Nc1ccc(Cl)c([N+](=O)[O-])c1. The number of rotatable bonds is 8. The Morgan fingerprint density at radius 1 is 1.23 bits per heavy atom. The molecule has 136 valence electrons. The molecule has 0 aliphatic heterocycles. The highest BCUT2D eigenvalue weighted by molar-refractivity contribution is 6.32. The third kappa shape index (κ3) is 5.95. The Kier molecular flexibility index (Phi) is 6.75. The molecular formula is C16H15ClN4O5. The Balaban J connectivity index is 1.79. The fourth-order valence-corrected chi connectivity index (χ4v) is 1.99. The van der Waals surface area contributed by atoms with Gasteiger partial charge in [-0.25, -0.2) is 0 Å². The van der Waals surface area contributed by atoms with Gasteiger partial charge in [0.25, 0.3) is 11.6 Å². The van der Waals surface area contributed by atoms with E-state index in [-0.39, 0.29) is 28.8 Å². The van der Waals surface area contributed by atoms with Gasteiger partial charge in [0.15, 0.2) is 12.4 Å². The molecule has 2 rings (SSSR count). The number of halogens is 1. The number of benzene rings is 2. The van der Waals surface area contributed by atoms with Gasteiger partial charge in [-0.1, -0.05) is 35.0 Å². The molecule has 0 fully saturated rings. The highest BCUT2D eigenvalue weighted by Crippen LogP contribution is 2.27. The first-order valence-electron chi connectivity index (χ1n) is 7.31. The molecule has 10 heteroatoms. The molecule has 0 aliphatic carbocycles. The summed E-state index contributed by atoms with van der Waals surface area (Å²) in [5, 5.41) is 16.8. The second-order valence-corrected chi connectivity index (χ2v) is 5.34. The molecule has 0 heterocycles. The molecule has 0 bridgehead atoms. The predicted molar refractivity (Wildman–Crippen MR) is 96.2 cm³/mol. The number of anilines is 1. The lowest BCUT2D eigenvalue weighted by atomic mass is 10.3. The van der Waals surface area contributed by atoms with E-state index in [1.807, 2.05) is 18.2 Å². The maximum absolute atomic E-state index is 11.8. The van der Waals surface area contributed by atoms with E-state index in [0.29, 0.717) is 5.75 Å². The predicted octanol–water partition coefficient (Wildman–Crippen LogP) is 2.55. The molecule has 0 unspecified atom stereocenters. The first kappa shape index (κ1) is 19.0. The summed E-state index contributed by atoms with van der Waals surface area (Å²) >= 11 is 5.70. The largest absolute Gasteiger partial charge is 0.486 e.